The van der Waals surface area contributed by atoms with Crippen LogP contribution in [0.2, 0.25) is 0 Å². The topological polar surface area (TPSA) is 134 Å². The Hall–Kier alpha value is -4.67. The number of anilines is 2. The summed E-state index contributed by atoms with van der Waals surface area (Å²) < 4.78 is 84.2. The van der Waals surface area contributed by atoms with Gasteiger partial charge in [-0.25, -0.2) is 16.8 Å². The summed E-state index contributed by atoms with van der Waals surface area (Å²) in [6, 6.07) is 47.5. The third-order valence-corrected chi connectivity index (χ3v) is 15.5. The molecule has 2 aliphatic rings. The van der Waals surface area contributed by atoms with E-state index in [4.69, 9.17) is 4.42 Å². The van der Waals surface area contributed by atoms with Crippen LogP contribution in [0, 0.1) is 27.7 Å². The molecule has 0 amide bonds. The van der Waals surface area contributed by atoms with Gasteiger partial charge in [-0.15, -0.1) is 23.5 Å². The van der Waals surface area contributed by atoms with E-state index >= 15 is 0 Å². The summed E-state index contributed by atoms with van der Waals surface area (Å²) >= 11 is 3.55. The Morgan fingerprint density at radius 2 is 1.19 bits per heavy atom. The Labute approximate surface area is 424 Å². The van der Waals surface area contributed by atoms with Crippen molar-refractivity contribution in [2.75, 3.05) is 29.5 Å². The van der Waals surface area contributed by atoms with Crippen LogP contribution in [0.4, 0.5) is 17.1 Å². The number of fused-ring (bicyclic) bond motifs is 2. The first-order valence-corrected chi connectivity index (χ1v) is 26.4. The van der Waals surface area contributed by atoms with Gasteiger partial charge in [0.1, 0.15) is 38.1 Å². The van der Waals surface area contributed by atoms with Crippen molar-refractivity contribution in [1.29, 1.82) is 0 Å². The molecule has 0 radical (unpaired) electrons. The zero-order valence-corrected chi connectivity index (χ0v) is 43.3. The van der Waals surface area contributed by atoms with Crippen molar-refractivity contribution in [3.63, 3.8) is 0 Å². The summed E-state index contributed by atoms with van der Waals surface area (Å²) in [5, 5.41) is 1.37. The van der Waals surface area contributed by atoms with Crippen LogP contribution in [0.3, 0.4) is 0 Å². The molecule has 0 N–H and O–H groups in total. The van der Waals surface area contributed by atoms with Gasteiger partial charge in [0.25, 0.3) is 0 Å². The van der Waals surface area contributed by atoms with E-state index in [1.54, 1.807) is 43.8 Å². The fraction of sp³-hybridized carbons (Fsp3) is 0.189. The molecular formula is C53H49N2NaO7S4. The van der Waals surface area contributed by atoms with Gasteiger partial charge in [-0.1, -0.05) is 72.8 Å². The SMILES string of the molecule is Cc1cccc(C)c1N(CCCSc1ccccc1)c1ccc2c(-c3ccccc3S(=O)(=O)[O-])c3ccc(=[N+](CCCSc4ccccc4)c4c(C)cc(S(=O)(=O)[O-])cc4C)cc-3oc2c1.[Na+]. The average Bonchev–Trinajstić information content (AvgIpc) is 3.29. The zero-order chi connectivity index (χ0) is 46.6. The van der Waals surface area contributed by atoms with Crippen LogP contribution in [0.5, 0.6) is 0 Å². The van der Waals surface area contributed by atoms with Crippen molar-refractivity contribution >= 4 is 71.8 Å². The molecule has 0 saturated carbocycles. The molecule has 0 saturated heterocycles. The van der Waals surface area contributed by atoms with Gasteiger partial charge >= 0.3 is 29.6 Å². The van der Waals surface area contributed by atoms with Crippen LogP contribution in [0.15, 0.2) is 176 Å². The van der Waals surface area contributed by atoms with Crippen molar-refractivity contribution in [2.45, 2.75) is 60.1 Å². The minimum absolute atomic E-state index is 0. The van der Waals surface area contributed by atoms with Crippen LogP contribution in [0.1, 0.15) is 35.1 Å². The van der Waals surface area contributed by atoms with Crippen LogP contribution in [-0.4, -0.2) is 50.5 Å². The van der Waals surface area contributed by atoms with Gasteiger partial charge in [0, 0.05) is 85.2 Å². The molecule has 6 aromatic rings. The third-order valence-electron chi connectivity index (χ3n) is 11.5. The smallest absolute Gasteiger partial charge is 0.744 e. The Balaban J connectivity index is 0.00000666. The standard InChI is InChI=1S/C53H50N2O7S4.Na/c1-36-16-13-17-37(2)52(36)54(28-14-30-63-42-18-7-5-8-19-42)40-24-26-45-48(34-40)62-49-35-41(25-27-46(49)51(45)47-22-11-12-23-50(47)66(59,60)61)55(29-15-31-64-43-20-9-6-10-21-43)53-38(3)32-44(33-39(53)4)65(56,57)58;/h5-13,16-27,32-35H,14-15,28-31H2,1-4H3,(H-,56,57,58,59,60,61);/q;+1/p-1. The molecule has 8 rings (SSSR count). The Bertz CT molecular complexity index is 3280. The number of nitrogens with zero attached hydrogens (tertiary/aromatic N) is 2. The Kier molecular flexibility index (Phi) is 16.3. The van der Waals surface area contributed by atoms with Crippen molar-refractivity contribution in [1.82, 2.24) is 4.58 Å². The molecular weight excluding hydrogens is 928 g/mol. The van der Waals surface area contributed by atoms with Gasteiger partial charge in [-0.05, 0) is 112 Å². The summed E-state index contributed by atoms with van der Waals surface area (Å²) in [5.74, 6) is 2.14. The fourth-order valence-corrected chi connectivity index (χ4v) is 11.7. The van der Waals surface area contributed by atoms with E-state index in [0.29, 0.717) is 52.1 Å². The van der Waals surface area contributed by atoms with E-state index in [-0.39, 0.29) is 44.9 Å². The first-order valence-electron chi connectivity index (χ1n) is 21.6. The van der Waals surface area contributed by atoms with E-state index in [1.165, 1.54) is 23.1 Å². The second-order valence-electron chi connectivity index (χ2n) is 16.2. The molecule has 0 atom stereocenters. The number of thioether (sulfide) groups is 2. The van der Waals surface area contributed by atoms with E-state index < -0.39 is 20.2 Å². The van der Waals surface area contributed by atoms with Gasteiger partial charge in [0.15, 0.2) is 0 Å². The summed E-state index contributed by atoms with van der Waals surface area (Å²) in [7, 11) is -9.61. The van der Waals surface area contributed by atoms with Crippen LogP contribution in [-0.2, 0) is 20.2 Å². The third kappa shape index (κ3) is 11.6. The van der Waals surface area contributed by atoms with Gasteiger partial charge in [0.05, 0.1) is 15.9 Å². The summed E-state index contributed by atoms with van der Waals surface area (Å²) in [4.78, 5) is 4.04. The Morgan fingerprint density at radius 3 is 1.81 bits per heavy atom. The quantitative estimate of drug-likeness (QED) is 0.0231. The summed E-state index contributed by atoms with van der Waals surface area (Å²) in [5.41, 5.74) is 8.10. The number of rotatable bonds is 16. The maximum atomic E-state index is 12.9. The maximum Gasteiger partial charge on any atom is 1.00 e. The first-order chi connectivity index (χ1) is 31.7. The van der Waals surface area contributed by atoms with Crippen molar-refractivity contribution < 1.29 is 59.9 Å². The van der Waals surface area contributed by atoms with E-state index in [9.17, 15) is 25.9 Å². The summed E-state index contributed by atoms with van der Waals surface area (Å²) in [6.07, 6.45) is 1.62. The first kappa shape index (κ1) is 50.2. The molecule has 0 bridgehead atoms. The normalized spacial score (nSPS) is 12.3. The van der Waals surface area contributed by atoms with Crippen molar-refractivity contribution in [2.24, 2.45) is 0 Å². The molecule has 0 aromatic heterocycles. The zero-order valence-electron chi connectivity index (χ0n) is 38.1. The number of hydrogen-bond acceptors (Lipinski definition) is 10. The van der Waals surface area contributed by atoms with E-state index in [0.717, 1.165) is 62.8 Å². The number of para-hydroxylation sites is 1. The van der Waals surface area contributed by atoms with Crippen molar-refractivity contribution in [3.05, 3.63) is 179 Å². The molecule has 0 spiro atoms. The molecule has 0 unspecified atom stereocenters. The number of hydrogen-bond donors (Lipinski definition) is 0. The molecule has 1 heterocycles. The minimum atomic E-state index is -4.90. The largest absolute Gasteiger partial charge is 1.00 e. The van der Waals surface area contributed by atoms with Crippen LogP contribution in [0.25, 0.3) is 33.4 Å². The van der Waals surface area contributed by atoms with E-state index in [2.05, 4.69) is 65.8 Å². The van der Waals surface area contributed by atoms with Crippen molar-refractivity contribution in [3.8, 4) is 22.5 Å². The van der Waals surface area contributed by atoms with Gasteiger partial charge in [-0.3, -0.25) is 0 Å². The minimum Gasteiger partial charge on any atom is -0.744 e. The number of benzene rings is 7. The molecule has 6 aromatic carbocycles. The van der Waals surface area contributed by atoms with E-state index in [1.807, 2.05) is 84.6 Å². The maximum absolute atomic E-state index is 12.9. The Morgan fingerprint density at radius 1 is 0.597 bits per heavy atom. The van der Waals surface area contributed by atoms with Gasteiger partial charge in [-0.2, -0.15) is 4.58 Å². The second kappa shape index (κ2) is 21.7. The molecule has 9 nitrogen and oxygen atoms in total. The van der Waals surface area contributed by atoms with Gasteiger partial charge < -0.3 is 18.4 Å². The summed E-state index contributed by atoms with van der Waals surface area (Å²) in [6.45, 7) is 9.05. The number of aryl methyl sites for hydroxylation is 4. The monoisotopic (exact) mass is 976 g/mol. The molecule has 0 fully saturated rings. The predicted octanol–water partition coefficient (Wildman–Crippen LogP) is 8.86. The van der Waals surface area contributed by atoms with Gasteiger partial charge in [0.2, 0.25) is 11.0 Å². The molecule has 67 heavy (non-hydrogen) atoms. The van der Waals surface area contributed by atoms with Crippen LogP contribution < -0.4 is 44.4 Å². The predicted molar refractivity (Wildman–Crippen MR) is 266 cm³/mol. The molecule has 1 aliphatic heterocycles. The molecule has 338 valence electrons. The fourth-order valence-electron chi connectivity index (χ4n) is 8.70. The molecule has 1 aliphatic carbocycles. The van der Waals surface area contributed by atoms with Crippen LogP contribution >= 0.6 is 23.5 Å². The second-order valence-corrected chi connectivity index (χ2v) is 21.3. The average molecular weight is 977 g/mol. The molecule has 14 heteroatoms.